The third-order valence-electron chi connectivity index (χ3n) is 4.91. The average molecular weight is 306 g/mol. The molecule has 0 atom stereocenters. The largest absolute Gasteiger partial charge is 0.207 e. The summed E-state index contributed by atoms with van der Waals surface area (Å²) in [5, 5.41) is 0. The van der Waals surface area contributed by atoms with Crippen LogP contribution in [0.1, 0.15) is 44.6 Å². The third kappa shape index (κ3) is 4.23. The highest BCUT2D eigenvalue weighted by Crippen LogP contribution is 2.30. The lowest BCUT2D eigenvalue weighted by Crippen LogP contribution is -2.12. The highest BCUT2D eigenvalue weighted by molar-refractivity contribution is 5.64. The molecule has 0 heterocycles. The molecule has 2 aromatic carbocycles. The van der Waals surface area contributed by atoms with Crippen molar-refractivity contribution in [3.8, 4) is 23.0 Å². The lowest BCUT2D eigenvalue weighted by molar-refractivity contribution is 0.309. The van der Waals surface area contributed by atoms with Crippen LogP contribution in [0.2, 0.25) is 0 Å². The minimum atomic E-state index is -0.200. The maximum absolute atomic E-state index is 13.0. The topological polar surface area (TPSA) is 0 Å². The van der Waals surface area contributed by atoms with E-state index in [1.54, 1.807) is 0 Å². The molecule has 0 aromatic heterocycles. The molecule has 0 amide bonds. The van der Waals surface area contributed by atoms with E-state index in [1.807, 2.05) is 12.1 Å². The minimum absolute atomic E-state index is 0.200. The van der Waals surface area contributed by atoms with Gasteiger partial charge in [0.2, 0.25) is 0 Å². The lowest BCUT2D eigenvalue weighted by Gasteiger charge is -2.24. The van der Waals surface area contributed by atoms with Crippen molar-refractivity contribution in [1.29, 1.82) is 0 Å². The monoisotopic (exact) mass is 306 g/mol. The fourth-order valence-corrected chi connectivity index (χ4v) is 3.29. The highest BCUT2D eigenvalue weighted by Gasteiger charge is 2.17. The molecule has 3 rings (SSSR count). The molecule has 1 aliphatic carbocycles. The molecule has 1 saturated carbocycles. The Morgan fingerprint density at radius 3 is 2.00 bits per heavy atom. The second kappa shape index (κ2) is 7.47. The number of benzene rings is 2. The van der Waals surface area contributed by atoms with Crippen LogP contribution in [-0.4, -0.2) is 0 Å². The van der Waals surface area contributed by atoms with Gasteiger partial charge in [-0.25, -0.2) is 4.39 Å². The van der Waals surface area contributed by atoms with E-state index in [1.165, 1.54) is 44.2 Å². The van der Waals surface area contributed by atoms with Gasteiger partial charge in [0, 0.05) is 11.5 Å². The molecule has 2 aromatic rings. The highest BCUT2D eigenvalue weighted by atomic mass is 19.1. The van der Waals surface area contributed by atoms with Crippen LogP contribution in [0.15, 0.2) is 48.5 Å². The van der Waals surface area contributed by atoms with Crippen molar-refractivity contribution in [2.45, 2.75) is 39.0 Å². The van der Waals surface area contributed by atoms with E-state index in [2.05, 4.69) is 43.0 Å². The van der Waals surface area contributed by atoms with Crippen molar-refractivity contribution in [2.75, 3.05) is 0 Å². The Morgan fingerprint density at radius 1 is 0.870 bits per heavy atom. The van der Waals surface area contributed by atoms with Crippen LogP contribution in [0.3, 0.4) is 0 Å². The van der Waals surface area contributed by atoms with Gasteiger partial charge in [-0.1, -0.05) is 49.5 Å². The molecule has 1 heteroatoms. The molecule has 1 fully saturated rings. The second-order valence-corrected chi connectivity index (χ2v) is 6.48. The van der Waals surface area contributed by atoms with Crippen LogP contribution in [0.5, 0.6) is 0 Å². The molecule has 0 unspecified atom stereocenters. The van der Waals surface area contributed by atoms with Crippen LogP contribution in [0, 0.1) is 29.5 Å². The Morgan fingerprint density at radius 2 is 1.43 bits per heavy atom. The Bertz CT molecular complexity index is 677. The molecule has 23 heavy (non-hydrogen) atoms. The van der Waals surface area contributed by atoms with E-state index in [0.29, 0.717) is 5.92 Å². The summed E-state index contributed by atoms with van der Waals surface area (Å²) in [7, 11) is 0. The molecule has 0 aliphatic heterocycles. The molecule has 0 nitrogen and oxygen atoms in total. The summed E-state index contributed by atoms with van der Waals surface area (Å²) in [6.45, 7) is 2.29. The van der Waals surface area contributed by atoms with E-state index in [4.69, 9.17) is 0 Å². The minimum Gasteiger partial charge on any atom is -0.207 e. The van der Waals surface area contributed by atoms with Crippen molar-refractivity contribution in [2.24, 2.45) is 11.8 Å². The van der Waals surface area contributed by atoms with Crippen LogP contribution in [-0.2, 0) is 0 Å². The third-order valence-corrected chi connectivity index (χ3v) is 4.91. The van der Waals surface area contributed by atoms with Crippen molar-refractivity contribution in [3.63, 3.8) is 0 Å². The predicted octanol–water partition coefficient (Wildman–Crippen LogP) is 6.06. The summed E-state index contributed by atoms with van der Waals surface area (Å²) >= 11 is 0. The van der Waals surface area contributed by atoms with Gasteiger partial charge in [-0.15, -0.1) is 0 Å². The van der Waals surface area contributed by atoms with Crippen molar-refractivity contribution in [1.82, 2.24) is 0 Å². The first-order valence-electron chi connectivity index (χ1n) is 8.62. The molecule has 0 spiro atoms. The normalized spacial score (nSPS) is 20.6. The molecular weight excluding hydrogens is 283 g/mol. The zero-order chi connectivity index (χ0) is 16.1. The number of hydrogen-bond donors (Lipinski definition) is 0. The zero-order valence-corrected chi connectivity index (χ0v) is 13.7. The summed E-state index contributed by atoms with van der Waals surface area (Å²) in [5.74, 6) is 8.06. The van der Waals surface area contributed by atoms with E-state index in [-0.39, 0.29) is 5.82 Å². The zero-order valence-electron chi connectivity index (χ0n) is 13.7. The fourth-order valence-electron chi connectivity index (χ4n) is 3.29. The molecule has 0 bridgehead atoms. The number of hydrogen-bond acceptors (Lipinski definition) is 0. The second-order valence-electron chi connectivity index (χ2n) is 6.48. The first-order valence-corrected chi connectivity index (χ1v) is 8.62. The van der Waals surface area contributed by atoms with E-state index in [0.717, 1.165) is 22.6 Å². The fraction of sp³-hybridized carbons (Fsp3) is 0.364. The molecule has 0 saturated heterocycles. The molecule has 0 radical (unpaired) electrons. The predicted molar refractivity (Wildman–Crippen MR) is 94.5 cm³/mol. The smallest absolute Gasteiger partial charge is 0.123 e. The summed E-state index contributed by atoms with van der Waals surface area (Å²) in [6, 6.07) is 14.8. The Kier molecular flexibility index (Phi) is 5.13. The standard InChI is InChI=1S/C22H23F/c1-2-17-3-5-18(6-4-17)7-8-19-9-11-20(12-10-19)21-13-15-22(23)16-14-21/h9-18H,2-6H2,1H3. The number of rotatable bonds is 2. The quantitative estimate of drug-likeness (QED) is 0.591. The van der Waals surface area contributed by atoms with Gasteiger partial charge >= 0.3 is 0 Å². The van der Waals surface area contributed by atoms with Crippen LogP contribution in [0.25, 0.3) is 11.1 Å². The van der Waals surface area contributed by atoms with E-state index >= 15 is 0 Å². The van der Waals surface area contributed by atoms with E-state index < -0.39 is 0 Å². The lowest BCUT2D eigenvalue weighted by atomic mass is 9.81. The molecule has 1 aliphatic rings. The Hall–Kier alpha value is -2.07. The Balaban J connectivity index is 1.64. The van der Waals surface area contributed by atoms with Gasteiger partial charge in [-0.05, 0) is 67.0 Å². The first-order chi connectivity index (χ1) is 11.2. The van der Waals surface area contributed by atoms with Gasteiger partial charge in [0.25, 0.3) is 0 Å². The SMILES string of the molecule is CCC1CCC(C#Cc2ccc(-c3ccc(F)cc3)cc2)CC1. The maximum Gasteiger partial charge on any atom is 0.123 e. The maximum atomic E-state index is 13.0. The van der Waals surface area contributed by atoms with Crippen LogP contribution in [0.4, 0.5) is 4.39 Å². The summed E-state index contributed by atoms with van der Waals surface area (Å²) in [5.41, 5.74) is 3.19. The summed E-state index contributed by atoms with van der Waals surface area (Å²) < 4.78 is 13.0. The summed E-state index contributed by atoms with van der Waals surface area (Å²) in [4.78, 5) is 0. The van der Waals surface area contributed by atoms with E-state index in [9.17, 15) is 4.39 Å². The van der Waals surface area contributed by atoms with Gasteiger partial charge in [0.05, 0.1) is 0 Å². The van der Waals surface area contributed by atoms with Gasteiger partial charge in [0.1, 0.15) is 5.82 Å². The first kappa shape index (κ1) is 15.8. The van der Waals surface area contributed by atoms with Gasteiger partial charge in [-0.3, -0.25) is 0 Å². The van der Waals surface area contributed by atoms with Gasteiger partial charge in [0.15, 0.2) is 0 Å². The average Bonchev–Trinajstić information content (AvgIpc) is 2.61. The van der Waals surface area contributed by atoms with Gasteiger partial charge < -0.3 is 0 Å². The van der Waals surface area contributed by atoms with Crippen molar-refractivity contribution in [3.05, 3.63) is 59.9 Å². The summed E-state index contributed by atoms with van der Waals surface area (Å²) in [6.07, 6.45) is 6.47. The molecule has 118 valence electrons. The molecular formula is C22H23F. The van der Waals surface area contributed by atoms with Crippen LogP contribution < -0.4 is 0 Å². The molecule has 0 N–H and O–H groups in total. The van der Waals surface area contributed by atoms with Crippen molar-refractivity contribution >= 4 is 0 Å². The van der Waals surface area contributed by atoms with Crippen molar-refractivity contribution < 1.29 is 4.39 Å². The van der Waals surface area contributed by atoms with Crippen LogP contribution >= 0.6 is 0 Å². The number of halogens is 1. The Labute approximate surface area is 138 Å². The van der Waals surface area contributed by atoms with Gasteiger partial charge in [-0.2, -0.15) is 0 Å².